The SMILES string of the molecule is [B-]1C2CCCC1CCC2.[Na+]. The second-order valence-corrected chi connectivity index (χ2v) is 3.57. The van der Waals surface area contributed by atoms with Crippen molar-refractivity contribution in [3.05, 3.63) is 0 Å². The van der Waals surface area contributed by atoms with E-state index < -0.39 is 0 Å². The van der Waals surface area contributed by atoms with Crippen LogP contribution in [0.1, 0.15) is 38.5 Å². The number of hydrogen-bond donors (Lipinski definition) is 0. The van der Waals surface area contributed by atoms with E-state index in [0.29, 0.717) is 0 Å². The molecule has 0 atom stereocenters. The van der Waals surface area contributed by atoms with Gasteiger partial charge in [-0.05, 0) is 0 Å². The summed E-state index contributed by atoms with van der Waals surface area (Å²) in [5.74, 6) is 2.05. The fraction of sp³-hybridized carbons (Fsp3) is 1.00. The molecule has 2 aliphatic rings. The fourth-order valence-electron chi connectivity index (χ4n) is 2.34. The summed E-state index contributed by atoms with van der Waals surface area (Å²) in [6, 6.07) is 0. The van der Waals surface area contributed by atoms with Gasteiger partial charge >= 0.3 is 29.6 Å². The molecule has 2 aliphatic heterocycles. The predicted octanol–water partition coefficient (Wildman–Crippen LogP) is -0.361. The second kappa shape index (κ2) is 4.18. The summed E-state index contributed by atoms with van der Waals surface area (Å²) in [5, 5.41) is 0. The first-order chi connectivity index (χ1) is 4.45. The van der Waals surface area contributed by atoms with E-state index in [2.05, 4.69) is 7.28 Å². The van der Waals surface area contributed by atoms with Crippen molar-refractivity contribution < 1.29 is 29.6 Å². The van der Waals surface area contributed by atoms with Gasteiger partial charge in [0.15, 0.2) is 0 Å². The molecule has 2 heteroatoms. The maximum absolute atomic E-state index is 2.62. The van der Waals surface area contributed by atoms with E-state index in [-0.39, 0.29) is 29.6 Å². The van der Waals surface area contributed by atoms with Crippen LogP contribution >= 0.6 is 0 Å². The topological polar surface area (TPSA) is 0 Å². The average Bonchev–Trinajstić information content (AvgIpc) is 1.88. The third kappa shape index (κ3) is 2.02. The molecule has 2 heterocycles. The largest absolute Gasteiger partial charge is 1.00 e. The first kappa shape index (κ1) is 9.16. The molecule has 0 aliphatic carbocycles. The van der Waals surface area contributed by atoms with Crippen LogP contribution in [0.3, 0.4) is 0 Å². The fourth-order valence-corrected chi connectivity index (χ4v) is 2.34. The quantitative estimate of drug-likeness (QED) is 0.407. The maximum atomic E-state index is 2.62. The van der Waals surface area contributed by atoms with Crippen molar-refractivity contribution in [2.24, 2.45) is 0 Å². The normalized spacial score (nSPS) is 38.4. The molecular weight excluding hydrogens is 130 g/mol. The summed E-state index contributed by atoms with van der Waals surface area (Å²) < 4.78 is 0. The first-order valence-electron chi connectivity index (χ1n) is 4.30. The van der Waals surface area contributed by atoms with Crippen molar-refractivity contribution in [1.29, 1.82) is 0 Å². The molecule has 2 bridgehead atoms. The Balaban J connectivity index is 0.000000500. The van der Waals surface area contributed by atoms with Crippen LogP contribution in [0, 0.1) is 0 Å². The van der Waals surface area contributed by atoms with Crippen LogP contribution in [-0.2, 0) is 0 Å². The average molecular weight is 144 g/mol. The van der Waals surface area contributed by atoms with Gasteiger partial charge in [0.05, 0.1) is 0 Å². The van der Waals surface area contributed by atoms with Gasteiger partial charge in [-0.1, -0.05) is 38.5 Å². The molecule has 2 saturated heterocycles. The third-order valence-corrected chi connectivity index (χ3v) is 2.84. The van der Waals surface area contributed by atoms with Crippen molar-refractivity contribution in [2.75, 3.05) is 0 Å². The van der Waals surface area contributed by atoms with Gasteiger partial charge in [-0.25, -0.2) is 11.6 Å². The van der Waals surface area contributed by atoms with Gasteiger partial charge in [0, 0.05) is 0 Å². The molecule has 2 radical (unpaired) electrons. The summed E-state index contributed by atoms with van der Waals surface area (Å²) in [7, 11) is 2.62. The van der Waals surface area contributed by atoms with Crippen LogP contribution < -0.4 is 29.6 Å². The summed E-state index contributed by atoms with van der Waals surface area (Å²) in [6.45, 7) is 0. The van der Waals surface area contributed by atoms with Crippen molar-refractivity contribution in [3.8, 4) is 0 Å². The number of rotatable bonds is 0. The minimum atomic E-state index is 0. The Morgan fingerprint density at radius 2 is 1.20 bits per heavy atom. The monoisotopic (exact) mass is 144 g/mol. The van der Waals surface area contributed by atoms with Gasteiger partial charge in [0.25, 0.3) is 0 Å². The van der Waals surface area contributed by atoms with Crippen molar-refractivity contribution in [3.63, 3.8) is 0 Å². The van der Waals surface area contributed by atoms with E-state index >= 15 is 0 Å². The zero-order valence-corrected chi connectivity index (χ0v) is 8.97. The molecule has 0 amide bonds. The van der Waals surface area contributed by atoms with Crippen molar-refractivity contribution >= 4 is 7.28 Å². The molecule has 2 fully saturated rings. The van der Waals surface area contributed by atoms with Gasteiger partial charge < -0.3 is 7.28 Å². The van der Waals surface area contributed by atoms with Crippen LogP contribution in [0.25, 0.3) is 0 Å². The maximum Gasteiger partial charge on any atom is 1.00 e. The predicted molar refractivity (Wildman–Crippen MR) is 41.0 cm³/mol. The van der Waals surface area contributed by atoms with Crippen LogP contribution in [0.15, 0.2) is 0 Å². The second-order valence-electron chi connectivity index (χ2n) is 3.57. The van der Waals surface area contributed by atoms with E-state index in [1.807, 2.05) is 0 Å². The molecule has 10 heavy (non-hydrogen) atoms. The van der Waals surface area contributed by atoms with Gasteiger partial charge in [-0.2, -0.15) is 0 Å². The minimum Gasteiger partial charge on any atom is -0.328 e. The summed E-state index contributed by atoms with van der Waals surface area (Å²) >= 11 is 0. The first-order valence-corrected chi connectivity index (χ1v) is 4.30. The number of hydrogen-bond acceptors (Lipinski definition) is 0. The Labute approximate surface area is 86.7 Å². The van der Waals surface area contributed by atoms with E-state index in [0.717, 1.165) is 11.6 Å². The van der Waals surface area contributed by atoms with Gasteiger partial charge in [0.2, 0.25) is 0 Å². The zero-order chi connectivity index (χ0) is 6.10. The van der Waals surface area contributed by atoms with E-state index in [1.54, 1.807) is 0 Å². The van der Waals surface area contributed by atoms with Gasteiger partial charge in [-0.3, -0.25) is 0 Å². The summed E-state index contributed by atoms with van der Waals surface area (Å²) in [4.78, 5) is 0. The molecule has 0 aromatic carbocycles. The Kier molecular flexibility index (Phi) is 3.83. The Hall–Kier alpha value is 1.06. The van der Waals surface area contributed by atoms with Crippen LogP contribution in [0.5, 0.6) is 0 Å². The molecule has 0 spiro atoms. The number of fused-ring (bicyclic) bond motifs is 2. The molecule has 0 saturated carbocycles. The molecular formula is C8H14BNa. The molecule has 2 rings (SSSR count). The third-order valence-electron chi connectivity index (χ3n) is 2.84. The molecule has 50 valence electrons. The summed E-state index contributed by atoms with van der Waals surface area (Å²) in [6.07, 6.45) is 9.00. The van der Waals surface area contributed by atoms with Crippen molar-refractivity contribution in [1.82, 2.24) is 0 Å². The molecule has 0 aromatic heterocycles. The molecule has 0 aromatic rings. The molecule has 0 nitrogen and oxygen atoms in total. The van der Waals surface area contributed by atoms with Crippen LogP contribution in [0.4, 0.5) is 0 Å². The smallest absolute Gasteiger partial charge is 0.328 e. The Morgan fingerprint density at radius 1 is 0.800 bits per heavy atom. The Morgan fingerprint density at radius 3 is 1.50 bits per heavy atom. The molecule has 0 N–H and O–H groups in total. The summed E-state index contributed by atoms with van der Waals surface area (Å²) in [5.41, 5.74) is 0. The van der Waals surface area contributed by atoms with E-state index in [9.17, 15) is 0 Å². The van der Waals surface area contributed by atoms with E-state index in [4.69, 9.17) is 0 Å². The zero-order valence-electron chi connectivity index (χ0n) is 6.97. The van der Waals surface area contributed by atoms with Gasteiger partial charge in [-0.15, -0.1) is 0 Å². The Bertz CT molecular complexity index is 85.4. The minimum absolute atomic E-state index is 0. The molecule has 0 unspecified atom stereocenters. The van der Waals surface area contributed by atoms with E-state index in [1.165, 1.54) is 38.5 Å². The van der Waals surface area contributed by atoms with Crippen LogP contribution in [-0.4, -0.2) is 7.28 Å². The van der Waals surface area contributed by atoms with Crippen molar-refractivity contribution in [2.45, 2.75) is 50.2 Å². The van der Waals surface area contributed by atoms with Gasteiger partial charge in [0.1, 0.15) is 0 Å². The standard InChI is InChI=1S/C8H14B.Na/c1-3-7-5-2-6-8(4-1)9-7;/h7-8H,1-6H2;/q-1;+1. The van der Waals surface area contributed by atoms with Crippen LogP contribution in [0.2, 0.25) is 11.6 Å².